The average molecular weight is 446 g/mol. The highest BCUT2D eigenvalue weighted by Gasteiger charge is 2.34. The molecule has 0 atom stereocenters. The number of rotatable bonds is 8. The van der Waals surface area contributed by atoms with Gasteiger partial charge in [0.1, 0.15) is 17.0 Å². The molecule has 4 nitrogen and oxygen atoms in total. The highest BCUT2D eigenvalue weighted by atomic mass is 32.1. The second-order valence-electron chi connectivity index (χ2n) is 7.08. The molecule has 0 aliphatic carbocycles. The maximum atomic E-state index is 13.5. The van der Waals surface area contributed by atoms with Gasteiger partial charge in [0.05, 0.1) is 12.2 Å². The van der Waals surface area contributed by atoms with Crippen LogP contribution in [0.25, 0.3) is 22.4 Å². The van der Waals surface area contributed by atoms with Crippen molar-refractivity contribution in [1.82, 2.24) is 4.98 Å². The van der Waals surface area contributed by atoms with Crippen molar-refractivity contribution in [2.45, 2.75) is 32.4 Å². The van der Waals surface area contributed by atoms with Crippen molar-refractivity contribution in [2.24, 2.45) is 0 Å². The van der Waals surface area contributed by atoms with Crippen LogP contribution in [-0.4, -0.2) is 11.6 Å². The Labute approximate surface area is 181 Å². The molecule has 4 aromatic rings. The van der Waals surface area contributed by atoms with Gasteiger partial charge in [-0.05, 0) is 36.8 Å². The summed E-state index contributed by atoms with van der Waals surface area (Å²) < 4.78 is 51.8. The summed E-state index contributed by atoms with van der Waals surface area (Å²) in [6, 6.07) is 13.5. The van der Waals surface area contributed by atoms with Crippen molar-refractivity contribution in [2.75, 3.05) is 11.9 Å². The lowest BCUT2D eigenvalue weighted by Gasteiger charge is -2.15. The number of thiazole rings is 1. The fourth-order valence-electron chi connectivity index (χ4n) is 3.17. The van der Waals surface area contributed by atoms with Gasteiger partial charge in [-0.3, -0.25) is 0 Å². The summed E-state index contributed by atoms with van der Waals surface area (Å²) in [5.74, 6) is 0.452. The van der Waals surface area contributed by atoms with Gasteiger partial charge in [-0.2, -0.15) is 13.2 Å². The second kappa shape index (κ2) is 9.01. The first-order chi connectivity index (χ1) is 14.9. The molecule has 0 saturated heterocycles. The van der Waals surface area contributed by atoms with Gasteiger partial charge in [-0.25, -0.2) is 4.98 Å². The molecule has 0 spiro atoms. The number of nitrogens with one attached hydrogen (secondary N) is 1. The Morgan fingerprint density at radius 3 is 2.71 bits per heavy atom. The Morgan fingerprint density at radius 2 is 1.94 bits per heavy atom. The number of fused-ring (bicyclic) bond motifs is 1. The summed E-state index contributed by atoms with van der Waals surface area (Å²) >= 11 is 1.29. The van der Waals surface area contributed by atoms with E-state index in [4.69, 9.17) is 9.15 Å². The van der Waals surface area contributed by atoms with Crippen molar-refractivity contribution in [3.63, 3.8) is 0 Å². The SMILES string of the molecule is CCCCCOc1ccc(Nc2nc(-c3cc4ccccc4o3)cs2)cc1C(F)(F)F. The van der Waals surface area contributed by atoms with Crippen molar-refractivity contribution >= 4 is 33.1 Å². The van der Waals surface area contributed by atoms with Crippen LogP contribution in [0.5, 0.6) is 5.75 Å². The van der Waals surface area contributed by atoms with E-state index in [9.17, 15) is 13.2 Å². The molecular formula is C23H21F3N2O2S. The number of benzene rings is 2. The second-order valence-corrected chi connectivity index (χ2v) is 7.93. The van der Waals surface area contributed by atoms with Gasteiger partial charge >= 0.3 is 6.18 Å². The van der Waals surface area contributed by atoms with Crippen LogP contribution < -0.4 is 10.1 Å². The number of anilines is 2. The third-order valence-corrected chi connectivity index (χ3v) is 5.48. The summed E-state index contributed by atoms with van der Waals surface area (Å²) in [5, 5.41) is 6.19. The summed E-state index contributed by atoms with van der Waals surface area (Å²) in [5.41, 5.74) is 0.863. The monoisotopic (exact) mass is 446 g/mol. The van der Waals surface area contributed by atoms with E-state index in [2.05, 4.69) is 10.3 Å². The van der Waals surface area contributed by atoms with Gasteiger partial charge in [0.15, 0.2) is 10.9 Å². The zero-order valence-electron chi connectivity index (χ0n) is 16.8. The molecular weight excluding hydrogens is 425 g/mol. The predicted molar refractivity (Wildman–Crippen MR) is 117 cm³/mol. The van der Waals surface area contributed by atoms with Crippen molar-refractivity contribution in [1.29, 1.82) is 0 Å². The standard InChI is InChI=1S/C23H21F3N2O2S/c1-2-3-6-11-29-20-10-9-16(13-17(20)23(24,25)26)27-22-28-18(14-31-22)21-12-15-7-4-5-8-19(15)30-21/h4-5,7-10,12-14H,2-3,6,11H2,1H3,(H,27,28). The zero-order valence-corrected chi connectivity index (χ0v) is 17.6. The van der Waals surface area contributed by atoms with Crippen molar-refractivity contribution in [3.8, 4) is 17.2 Å². The number of nitrogens with zero attached hydrogens (tertiary/aromatic N) is 1. The van der Waals surface area contributed by atoms with Gasteiger partial charge in [-0.15, -0.1) is 11.3 Å². The van der Waals surface area contributed by atoms with Crippen LogP contribution >= 0.6 is 11.3 Å². The molecule has 0 aliphatic heterocycles. The molecule has 2 aromatic carbocycles. The number of hydrogen-bond donors (Lipinski definition) is 1. The molecule has 0 radical (unpaired) electrons. The molecule has 0 unspecified atom stereocenters. The molecule has 0 aliphatic rings. The lowest BCUT2D eigenvalue weighted by atomic mass is 10.1. The van der Waals surface area contributed by atoms with E-state index in [1.165, 1.54) is 17.4 Å². The molecule has 4 rings (SSSR count). The minimum atomic E-state index is -4.51. The average Bonchev–Trinajstić information content (AvgIpc) is 3.38. The normalized spacial score (nSPS) is 11.7. The van der Waals surface area contributed by atoms with E-state index < -0.39 is 11.7 Å². The number of aromatic nitrogens is 1. The van der Waals surface area contributed by atoms with Crippen LogP contribution in [-0.2, 0) is 6.18 Å². The molecule has 2 aromatic heterocycles. The van der Waals surface area contributed by atoms with E-state index in [1.54, 1.807) is 11.4 Å². The maximum absolute atomic E-state index is 13.5. The van der Waals surface area contributed by atoms with Gasteiger partial charge in [0, 0.05) is 16.5 Å². The highest BCUT2D eigenvalue weighted by Crippen LogP contribution is 2.39. The number of hydrogen-bond acceptors (Lipinski definition) is 5. The van der Waals surface area contributed by atoms with Crippen LogP contribution in [0.15, 0.2) is 58.3 Å². The molecule has 0 bridgehead atoms. The van der Waals surface area contributed by atoms with Gasteiger partial charge < -0.3 is 14.5 Å². The predicted octanol–water partition coefficient (Wildman–Crippen LogP) is 7.89. The van der Waals surface area contributed by atoms with Crippen LogP contribution in [0.2, 0.25) is 0 Å². The molecule has 0 amide bonds. The Hall–Kier alpha value is -3.00. The fourth-order valence-corrected chi connectivity index (χ4v) is 3.89. The van der Waals surface area contributed by atoms with Crippen molar-refractivity contribution < 1.29 is 22.3 Å². The lowest BCUT2D eigenvalue weighted by molar-refractivity contribution is -0.138. The Kier molecular flexibility index (Phi) is 6.18. The molecule has 162 valence electrons. The molecule has 31 heavy (non-hydrogen) atoms. The van der Waals surface area contributed by atoms with E-state index in [0.717, 1.165) is 36.3 Å². The molecule has 1 N–H and O–H groups in total. The Morgan fingerprint density at radius 1 is 1.10 bits per heavy atom. The summed E-state index contributed by atoms with van der Waals surface area (Å²) in [7, 11) is 0. The molecule has 0 saturated carbocycles. The number of ether oxygens (including phenoxy) is 1. The van der Waals surface area contributed by atoms with Gasteiger partial charge in [0.25, 0.3) is 0 Å². The topological polar surface area (TPSA) is 47.3 Å². The highest BCUT2D eigenvalue weighted by molar-refractivity contribution is 7.14. The molecule has 8 heteroatoms. The largest absolute Gasteiger partial charge is 0.493 e. The third kappa shape index (κ3) is 5.02. The number of unbranched alkanes of at least 4 members (excludes halogenated alkanes) is 2. The first-order valence-corrected chi connectivity index (χ1v) is 10.9. The van der Waals surface area contributed by atoms with Gasteiger partial charge in [0.2, 0.25) is 0 Å². The molecule has 2 heterocycles. The van der Waals surface area contributed by atoms with Crippen LogP contribution in [0.4, 0.5) is 24.0 Å². The number of furan rings is 1. The summed E-state index contributed by atoms with van der Waals surface area (Å²) in [6.45, 7) is 2.29. The van der Waals surface area contributed by atoms with Crippen LogP contribution in [0.1, 0.15) is 31.7 Å². The molecule has 0 fully saturated rings. The third-order valence-electron chi connectivity index (χ3n) is 4.72. The first-order valence-electron chi connectivity index (χ1n) is 9.99. The number of para-hydroxylation sites is 1. The number of alkyl halides is 3. The van der Waals surface area contributed by atoms with Crippen LogP contribution in [0.3, 0.4) is 0 Å². The smallest absolute Gasteiger partial charge is 0.420 e. The number of halogens is 3. The quantitative estimate of drug-likeness (QED) is 0.280. The van der Waals surface area contributed by atoms with E-state index in [-0.39, 0.29) is 12.4 Å². The first kappa shape index (κ1) is 21.2. The Bertz CT molecular complexity index is 1130. The minimum Gasteiger partial charge on any atom is -0.493 e. The summed E-state index contributed by atoms with van der Waals surface area (Å²) in [6.07, 6.45) is -1.90. The van der Waals surface area contributed by atoms with Gasteiger partial charge in [-0.1, -0.05) is 38.0 Å². The van der Waals surface area contributed by atoms with E-state index in [0.29, 0.717) is 22.3 Å². The lowest BCUT2D eigenvalue weighted by Crippen LogP contribution is -2.10. The van der Waals surface area contributed by atoms with E-state index >= 15 is 0 Å². The maximum Gasteiger partial charge on any atom is 0.420 e. The minimum absolute atomic E-state index is 0.156. The van der Waals surface area contributed by atoms with Crippen LogP contribution in [0, 0.1) is 0 Å². The summed E-state index contributed by atoms with van der Waals surface area (Å²) in [4.78, 5) is 4.46. The zero-order chi connectivity index (χ0) is 21.8. The fraction of sp³-hybridized carbons (Fsp3) is 0.261. The van der Waals surface area contributed by atoms with E-state index in [1.807, 2.05) is 37.3 Å². The van der Waals surface area contributed by atoms with Crippen molar-refractivity contribution in [3.05, 3.63) is 59.5 Å². The Balaban J connectivity index is 1.52.